The number of carbonyl (C=O) groups is 3. The molecule has 4 aliphatic rings. The summed E-state index contributed by atoms with van der Waals surface area (Å²) in [6.07, 6.45) is -17.3. The van der Waals surface area contributed by atoms with Gasteiger partial charge in [-0.1, -0.05) is 64.7 Å². The maximum absolute atomic E-state index is 12.6. The summed E-state index contributed by atoms with van der Waals surface area (Å²) in [5.41, 5.74) is 0. The minimum absolute atomic E-state index is 0.309. The quantitative estimate of drug-likeness (QED) is 0.0533. The maximum Gasteiger partial charge on any atom is 0.303 e. The molecule has 62 heavy (non-hydrogen) atoms. The van der Waals surface area contributed by atoms with Gasteiger partial charge in [-0.2, -0.15) is 0 Å². The van der Waals surface area contributed by atoms with Crippen molar-refractivity contribution in [2.75, 3.05) is 6.61 Å². The molecule has 4 aliphatic heterocycles. The smallest absolute Gasteiger partial charge is 0.303 e. The van der Waals surface area contributed by atoms with Crippen molar-refractivity contribution in [2.45, 2.75) is 242 Å². The zero-order chi connectivity index (χ0) is 45.8. The number of hydrogen-bond acceptors (Lipinski definition) is 20. The van der Waals surface area contributed by atoms with Crippen molar-refractivity contribution >= 4 is 17.9 Å². The van der Waals surface area contributed by atoms with Crippen LogP contribution >= 0.6 is 0 Å². The van der Waals surface area contributed by atoms with Crippen LogP contribution in [0.2, 0.25) is 0 Å². The van der Waals surface area contributed by atoms with Gasteiger partial charge in [0.25, 0.3) is 0 Å². The van der Waals surface area contributed by atoms with Crippen LogP contribution in [-0.2, 0) is 66.5 Å². The molecule has 4 saturated heterocycles. The molecule has 4 heterocycles. The molecule has 0 saturated carbocycles. The predicted molar refractivity (Wildman–Crippen MR) is 212 cm³/mol. The van der Waals surface area contributed by atoms with Gasteiger partial charge in [0.1, 0.15) is 54.9 Å². The standard InChI is InChI=1S/C42H72O20/c1-9-10-11-12-13-14-15-16-17-18-19-52-39-31(50)29(48)33(21(3)54-39)60-41-32(51)36(34(22(4)55-41)57-24(6)43)61-42-38(59-26(8)45)37(35(23(5)56-42)58-25(7)44)62-40-30(49)28(47)27(46)20(2)53-40/h20-23,27-42,46-51H,9-19H2,1-8H3/t20-,21-,22-,23-,27-,28+,29+,30+,31+,32+,33-,34-,35-,36-,37+,38+,39+,40-,41-,42-/m0/s1. The van der Waals surface area contributed by atoms with Gasteiger partial charge in [0, 0.05) is 27.4 Å². The molecule has 4 rings (SSSR count). The summed E-state index contributed by atoms with van der Waals surface area (Å²) in [5.74, 6) is -2.43. The van der Waals surface area contributed by atoms with Crippen molar-refractivity contribution in [3.63, 3.8) is 0 Å². The number of unbranched alkanes of at least 4 members (excludes halogenated alkanes) is 9. The van der Waals surface area contributed by atoms with E-state index in [2.05, 4.69) is 6.92 Å². The Morgan fingerprint density at radius 2 is 0.806 bits per heavy atom. The van der Waals surface area contributed by atoms with E-state index < -0.39 is 141 Å². The van der Waals surface area contributed by atoms with E-state index in [-0.39, 0.29) is 0 Å². The molecule has 360 valence electrons. The Kier molecular flexibility index (Phi) is 21.1. The summed E-state index contributed by atoms with van der Waals surface area (Å²) < 4.78 is 64.6. The second-order valence-corrected chi connectivity index (χ2v) is 16.9. The molecule has 20 nitrogen and oxygen atoms in total. The SMILES string of the molecule is CCCCCCCCCCCCO[C@@H]1O[C@@H](C)[C@H](O[C@@H]2O[C@@H](C)[C@H](OC(C)=O)[C@@H](O[C@@H]3O[C@@H](C)[C@H](OC(C)=O)[C@@H](O[C@@H]4O[C@@H](C)[C@H](O)[C@@H](O)[C@H]4O)[C@H]3OC(C)=O)[C@H]2O)[C@H](O)[C@H]1O. The molecule has 0 aromatic rings. The van der Waals surface area contributed by atoms with Crippen LogP contribution in [0.25, 0.3) is 0 Å². The summed E-state index contributed by atoms with van der Waals surface area (Å²) in [7, 11) is 0. The minimum atomic E-state index is -1.82. The predicted octanol–water partition coefficient (Wildman–Crippen LogP) is 1.02. The number of esters is 3. The Balaban J connectivity index is 1.48. The van der Waals surface area contributed by atoms with Crippen LogP contribution < -0.4 is 0 Å². The van der Waals surface area contributed by atoms with E-state index in [9.17, 15) is 45.0 Å². The Morgan fingerprint density at radius 1 is 0.403 bits per heavy atom. The number of aliphatic hydroxyl groups excluding tert-OH is 6. The Hall–Kier alpha value is -2.15. The van der Waals surface area contributed by atoms with E-state index in [4.69, 9.17) is 52.1 Å². The lowest BCUT2D eigenvalue weighted by molar-refractivity contribution is -0.385. The molecule has 0 spiro atoms. The highest BCUT2D eigenvalue weighted by molar-refractivity contribution is 5.67. The van der Waals surface area contributed by atoms with Crippen LogP contribution in [0.4, 0.5) is 0 Å². The molecule has 0 aliphatic carbocycles. The van der Waals surface area contributed by atoms with Crippen molar-refractivity contribution in [2.24, 2.45) is 0 Å². The Morgan fingerprint density at radius 3 is 1.37 bits per heavy atom. The van der Waals surface area contributed by atoms with Crippen molar-refractivity contribution in [1.29, 1.82) is 0 Å². The molecule has 0 bridgehead atoms. The molecule has 0 aromatic carbocycles. The summed E-state index contributed by atoms with van der Waals surface area (Å²) >= 11 is 0. The first-order chi connectivity index (χ1) is 29.4. The molecule has 0 aromatic heterocycles. The van der Waals surface area contributed by atoms with Crippen LogP contribution in [0.1, 0.15) is 120 Å². The highest BCUT2D eigenvalue weighted by Gasteiger charge is 2.57. The van der Waals surface area contributed by atoms with Gasteiger partial charge in [-0.3, -0.25) is 14.4 Å². The zero-order valence-corrected chi connectivity index (χ0v) is 37.2. The fourth-order valence-corrected chi connectivity index (χ4v) is 8.23. The molecule has 6 N–H and O–H groups in total. The molecular weight excluding hydrogens is 824 g/mol. The average molecular weight is 897 g/mol. The maximum atomic E-state index is 12.6. The van der Waals surface area contributed by atoms with Gasteiger partial charge in [0.05, 0.1) is 24.4 Å². The molecule has 20 atom stereocenters. The number of carbonyl (C=O) groups excluding carboxylic acids is 3. The van der Waals surface area contributed by atoms with Crippen LogP contribution in [-0.4, -0.2) is 178 Å². The van der Waals surface area contributed by atoms with E-state index in [0.717, 1.165) is 46.5 Å². The van der Waals surface area contributed by atoms with Gasteiger partial charge in [-0.05, 0) is 34.1 Å². The van der Waals surface area contributed by atoms with Crippen LogP contribution in [0.5, 0.6) is 0 Å². The van der Waals surface area contributed by atoms with Gasteiger partial charge in [0.2, 0.25) is 0 Å². The van der Waals surface area contributed by atoms with Crippen LogP contribution in [0.15, 0.2) is 0 Å². The van der Waals surface area contributed by atoms with Crippen molar-refractivity contribution in [3.05, 3.63) is 0 Å². The fraction of sp³-hybridized carbons (Fsp3) is 0.929. The second-order valence-electron chi connectivity index (χ2n) is 16.9. The molecule has 20 heteroatoms. The van der Waals surface area contributed by atoms with Gasteiger partial charge >= 0.3 is 17.9 Å². The van der Waals surface area contributed by atoms with Crippen molar-refractivity contribution in [1.82, 2.24) is 0 Å². The van der Waals surface area contributed by atoms with Crippen molar-refractivity contribution in [3.8, 4) is 0 Å². The van der Waals surface area contributed by atoms with Gasteiger partial charge in [-0.25, -0.2) is 0 Å². The number of rotatable bonds is 21. The summed E-state index contributed by atoms with van der Waals surface area (Å²) in [5, 5.41) is 65.7. The van der Waals surface area contributed by atoms with E-state index >= 15 is 0 Å². The average Bonchev–Trinajstić information content (AvgIpc) is 3.20. The van der Waals surface area contributed by atoms with E-state index in [0.29, 0.717) is 6.61 Å². The summed E-state index contributed by atoms with van der Waals surface area (Å²) in [4.78, 5) is 37.2. The first-order valence-electron chi connectivity index (χ1n) is 22.2. The number of aliphatic hydroxyl groups is 6. The van der Waals surface area contributed by atoms with E-state index in [1.807, 2.05) is 0 Å². The second kappa shape index (κ2) is 24.9. The highest BCUT2D eigenvalue weighted by Crippen LogP contribution is 2.37. The van der Waals surface area contributed by atoms with Crippen LogP contribution in [0.3, 0.4) is 0 Å². The lowest BCUT2D eigenvalue weighted by atomic mass is 9.95. The zero-order valence-electron chi connectivity index (χ0n) is 37.2. The normalized spacial score (nSPS) is 41.3. The Bertz CT molecular complexity index is 1370. The molecule has 0 radical (unpaired) electrons. The molecule has 0 amide bonds. The number of hydrogen-bond donors (Lipinski definition) is 6. The largest absolute Gasteiger partial charge is 0.457 e. The van der Waals surface area contributed by atoms with E-state index in [1.54, 1.807) is 6.92 Å². The first kappa shape index (κ1) is 52.5. The monoisotopic (exact) mass is 896 g/mol. The highest BCUT2D eigenvalue weighted by atomic mass is 16.8. The van der Waals surface area contributed by atoms with Crippen molar-refractivity contribution < 1.29 is 97.1 Å². The topological polar surface area (TPSA) is 274 Å². The lowest BCUT2D eigenvalue weighted by Gasteiger charge is -2.50. The van der Waals surface area contributed by atoms with E-state index in [1.165, 1.54) is 59.3 Å². The van der Waals surface area contributed by atoms with Gasteiger partial charge in [-0.15, -0.1) is 0 Å². The fourth-order valence-electron chi connectivity index (χ4n) is 8.23. The Labute approximate surface area is 363 Å². The van der Waals surface area contributed by atoms with Gasteiger partial charge < -0.3 is 82.7 Å². The molecule has 0 unspecified atom stereocenters. The minimum Gasteiger partial charge on any atom is -0.457 e. The molecule has 4 fully saturated rings. The summed E-state index contributed by atoms with van der Waals surface area (Å²) in [6.45, 7) is 11.8. The third-order valence-electron chi connectivity index (χ3n) is 11.6. The number of ether oxygens (including phenoxy) is 11. The third-order valence-corrected chi connectivity index (χ3v) is 11.6. The molecular formula is C42H72O20. The van der Waals surface area contributed by atoms with Gasteiger partial charge in [0.15, 0.2) is 43.5 Å². The summed E-state index contributed by atoms with van der Waals surface area (Å²) in [6, 6.07) is 0. The van der Waals surface area contributed by atoms with Crippen LogP contribution in [0, 0.1) is 0 Å². The first-order valence-corrected chi connectivity index (χ1v) is 22.2. The third kappa shape index (κ3) is 14.2. The lowest BCUT2D eigenvalue weighted by Crippen LogP contribution is -2.67.